The average Bonchev–Trinajstić information content (AvgIpc) is 2.35. The van der Waals surface area contributed by atoms with Crippen LogP contribution in [0, 0.1) is 17.0 Å². The number of benzene rings is 1. The van der Waals surface area contributed by atoms with Crippen LogP contribution in [0.25, 0.3) is 0 Å². The standard InChI is InChI=1S/C14H18F2N2O/c1-14(2)8-17-7-6-11(14)18-13(19)9-4-3-5-10(15)12(9)16/h3-5,11,17H,6-8H2,1-2H3,(H,18,19). The number of amides is 1. The maximum Gasteiger partial charge on any atom is 0.254 e. The lowest BCUT2D eigenvalue weighted by Gasteiger charge is -2.39. The molecule has 0 spiro atoms. The monoisotopic (exact) mass is 268 g/mol. The Kier molecular flexibility index (Phi) is 3.85. The van der Waals surface area contributed by atoms with E-state index < -0.39 is 17.5 Å². The number of rotatable bonds is 2. The molecule has 1 fully saturated rings. The van der Waals surface area contributed by atoms with Gasteiger partial charge in [-0.05, 0) is 30.5 Å². The zero-order chi connectivity index (χ0) is 14.0. The first-order chi connectivity index (χ1) is 8.92. The first-order valence-electron chi connectivity index (χ1n) is 6.37. The second-order valence-electron chi connectivity index (χ2n) is 5.58. The maximum atomic E-state index is 13.6. The Balaban J connectivity index is 2.15. The van der Waals surface area contributed by atoms with E-state index in [-0.39, 0.29) is 17.0 Å². The number of piperidine rings is 1. The quantitative estimate of drug-likeness (QED) is 0.862. The van der Waals surface area contributed by atoms with E-state index in [4.69, 9.17) is 0 Å². The van der Waals surface area contributed by atoms with Crippen molar-refractivity contribution in [2.24, 2.45) is 5.41 Å². The molecule has 1 atom stereocenters. The van der Waals surface area contributed by atoms with Crippen molar-refractivity contribution < 1.29 is 13.6 Å². The van der Waals surface area contributed by atoms with Gasteiger partial charge in [-0.25, -0.2) is 8.78 Å². The second-order valence-corrected chi connectivity index (χ2v) is 5.58. The summed E-state index contributed by atoms with van der Waals surface area (Å²) < 4.78 is 26.7. The highest BCUT2D eigenvalue weighted by atomic mass is 19.2. The van der Waals surface area contributed by atoms with Gasteiger partial charge in [0.1, 0.15) is 0 Å². The molecule has 1 heterocycles. The van der Waals surface area contributed by atoms with Gasteiger partial charge in [-0.3, -0.25) is 4.79 Å². The molecule has 0 bridgehead atoms. The van der Waals surface area contributed by atoms with E-state index in [1.807, 2.05) is 13.8 Å². The van der Waals surface area contributed by atoms with Gasteiger partial charge < -0.3 is 10.6 Å². The molecule has 1 amide bonds. The summed E-state index contributed by atoms with van der Waals surface area (Å²) in [5, 5.41) is 6.06. The summed E-state index contributed by atoms with van der Waals surface area (Å²) in [7, 11) is 0. The summed E-state index contributed by atoms with van der Waals surface area (Å²) >= 11 is 0. The number of hydrogen-bond donors (Lipinski definition) is 2. The summed E-state index contributed by atoms with van der Waals surface area (Å²) in [6.45, 7) is 5.65. The van der Waals surface area contributed by atoms with Crippen LogP contribution in [0.4, 0.5) is 8.78 Å². The molecule has 104 valence electrons. The molecule has 0 aromatic heterocycles. The smallest absolute Gasteiger partial charge is 0.254 e. The zero-order valence-corrected chi connectivity index (χ0v) is 11.1. The summed E-state index contributed by atoms with van der Waals surface area (Å²) in [6.07, 6.45) is 0.773. The third kappa shape index (κ3) is 2.92. The van der Waals surface area contributed by atoms with Gasteiger partial charge in [0.2, 0.25) is 0 Å². The van der Waals surface area contributed by atoms with Gasteiger partial charge in [-0.2, -0.15) is 0 Å². The van der Waals surface area contributed by atoms with Crippen molar-refractivity contribution in [3.8, 4) is 0 Å². The molecule has 5 heteroatoms. The minimum atomic E-state index is -1.09. The van der Waals surface area contributed by atoms with Crippen molar-refractivity contribution in [3.63, 3.8) is 0 Å². The Labute approximate surface area is 111 Å². The Morgan fingerprint density at radius 3 is 2.84 bits per heavy atom. The van der Waals surface area contributed by atoms with Crippen molar-refractivity contribution in [2.45, 2.75) is 26.3 Å². The molecular weight excluding hydrogens is 250 g/mol. The molecule has 1 aliphatic rings. The molecule has 1 aliphatic heterocycles. The normalized spacial score (nSPS) is 22.0. The van der Waals surface area contributed by atoms with Crippen molar-refractivity contribution in [1.82, 2.24) is 10.6 Å². The second kappa shape index (κ2) is 5.25. The Bertz CT molecular complexity index is 488. The summed E-state index contributed by atoms with van der Waals surface area (Å²) in [5.41, 5.74) is -0.355. The van der Waals surface area contributed by atoms with Crippen molar-refractivity contribution in [3.05, 3.63) is 35.4 Å². The summed E-state index contributed by atoms with van der Waals surface area (Å²) in [6, 6.07) is 3.58. The van der Waals surface area contributed by atoms with Gasteiger partial charge >= 0.3 is 0 Å². The minimum Gasteiger partial charge on any atom is -0.349 e. The summed E-state index contributed by atoms with van der Waals surface area (Å²) in [4.78, 5) is 12.0. The number of carbonyl (C=O) groups excluding carboxylic acids is 1. The van der Waals surface area contributed by atoms with Crippen LogP contribution < -0.4 is 10.6 Å². The third-order valence-electron chi connectivity index (χ3n) is 3.64. The molecule has 1 aromatic rings. The topological polar surface area (TPSA) is 41.1 Å². The van der Waals surface area contributed by atoms with Crippen molar-refractivity contribution in [1.29, 1.82) is 0 Å². The first-order valence-corrected chi connectivity index (χ1v) is 6.37. The average molecular weight is 268 g/mol. The van der Waals surface area contributed by atoms with Gasteiger partial charge in [0.25, 0.3) is 5.91 Å². The molecular formula is C14H18F2N2O. The van der Waals surface area contributed by atoms with E-state index in [9.17, 15) is 13.6 Å². The van der Waals surface area contributed by atoms with Crippen LogP contribution in [-0.2, 0) is 0 Å². The van der Waals surface area contributed by atoms with E-state index in [2.05, 4.69) is 10.6 Å². The SMILES string of the molecule is CC1(C)CNCCC1NC(=O)c1cccc(F)c1F. The van der Waals surface area contributed by atoms with E-state index in [0.717, 1.165) is 25.6 Å². The predicted molar refractivity (Wildman–Crippen MR) is 68.9 cm³/mol. The number of carbonyl (C=O) groups is 1. The van der Waals surface area contributed by atoms with E-state index in [1.165, 1.54) is 12.1 Å². The lowest BCUT2D eigenvalue weighted by atomic mass is 9.80. The fourth-order valence-electron chi connectivity index (χ4n) is 2.35. The minimum absolute atomic E-state index is 0.0519. The van der Waals surface area contributed by atoms with Crippen LogP contribution in [0.5, 0.6) is 0 Å². The van der Waals surface area contributed by atoms with Crippen LogP contribution in [0.15, 0.2) is 18.2 Å². The van der Waals surface area contributed by atoms with Gasteiger partial charge in [-0.1, -0.05) is 19.9 Å². The van der Waals surface area contributed by atoms with Gasteiger partial charge in [0, 0.05) is 12.6 Å². The lowest BCUT2D eigenvalue weighted by Crippen LogP contribution is -2.54. The molecule has 1 saturated heterocycles. The fraction of sp³-hybridized carbons (Fsp3) is 0.500. The molecule has 0 saturated carbocycles. The van der Waals surface area contributed by atoms with Gasteiger partial charge in [0.05, 0.1) is 5.56 Å². The van der Waals surface area contributed by atoms with Crippen LogP contribution in [-0.4, -0.2) is 25.0 Å². The van der Waals surface area contributed by atoms with Crippen LogP contribution >= 0.6 is 0 Å². The van der Waals surface area contributed by atoms with Crippen LogP contribution in [0.1, 0.15) is 30.6 Å². The van der Waals surface area contributed by atoms with Gasteiger partial charge in [0.15, 0.2) is 11.6 Å². The molecule has 3 nitrogen and oxygen atoms in total. The molecule has 0 aliphatic carbocycles. The Morgan fingerprint density at radius 2 is 2.16 bits per heavy atom. The summed E-state index contributed by atoms with van der Waals surface area (Å²) in [5.74, 6) is -2.65. The number of halogens is 2. The lowest BCUT2D eigenvalue weighted by molar-refractivity contribution is 0.0863. The highest BCUT2D eigenvalue weighted by molar-refractivity contribution is 5.94. The molecule has 1 aromatic carbocycles. The molecule has 1 unspecified atom stereocenters. The maximum absolute atomic E-state index is 13.6. The number of hydrogen-bond acceptors (Lipinski definition) is 2. The molecule has 19 heavy (non-hydrogen) atoms. The predicted octanol–water partition coefficient (Wildman–Crippen LogP) is 2.08. The van der Waals surface area contributed by atoms with Crippen LogP contribution in [0.2, 0.25) is 0 Å². The molecule has 2 N–H and O–H groups in total. The van der Waals surface area contributed by atoms with E-state index in [0.29, 0.717) is 0 Å². The molecule has 0 radical (unpaired) electrons. The highest BCUT2D eigenvalue weighted by Crippen LogP contribution is 2.25. The van der Waals surface area contributed by atoms with Crippen molar-refractivity contribution >= 4 is 5.91 Å². The van der Waals surface area contributed by atoms with Crippen LogP contribution in [0.3, 0.4) is 0 Å². The molecule has 2 rings (SSSR count). The van der Waals surface area contributed by atoms with E-state index in [1.54, 1.807) is 0 Å². The first kappa shape index (κ1) is 13.9. The van der Waals surface area contributed by atoms with E-state index >= 15 is 0 Å². The Morgan fingerprint density at radius 1 is 1.42 bits per heavy atom. The zero-order valence-electron chi connectivity index (χ0n) is 11.1. The Hall–Kier alpha value is -1.49. The largest absolute Gasteiger partial charge is 0.349 e. The third-order valence-corrected chi connectivity index (χ3v) is 3.64. The van der Waals surface area contributed by atoms with Crippen molar-refractivity contribution in [2.75, 3.05) is 13.1 Å². The van der Waals surface area contributed by atoms with Gasteiger partial charge in [-0.15, -0.1) is 0 Å². The fourth-order valence-corrected chi connectivity index (χ4v) is 2.35. The highest BCUT2D eigenvalue weighted by Gasteiger charge is 2.33. The number of nitrogens with one attached hydrogen (secondary N) is 2.